The molecule has 1 N–H and O–H groups in total. The van der Waals surface area contributed by atoms with E-state index in [0.717, 1.165) is 0 Å². The second-order valence-corrected chi connectivity index (χ2v) is 6.59. The fourth-order valence-electron chi connectivity index (χ4n) is 1.79. The van der Waals surface area contributed by atoms with Crippen molar-refractivity contribution in [1.29, 1.82) is 0 Å². The van der Waals surface area contributed by atoms with E-state index in [1.807, 2.05) is 0 Å². The van der Waals surface area contributed by atoms with Gasteiger partial charge < -0.3 is 4.74 Å². The lowest BCUT2D eigenvalue weighted by molar-refractivity contribution is 0.348. The summed E-state index contributed by atoms with van der Waals surface area (Å²) in [5, 5.41) is 0. The zero-order chi connectivity index (χ0) is 17.4. The first-order valence-corrected chi connectivity index (χ1v) is 8.66. The zero-order valence-corrected chi connectivity index (χ0v) is 13.4. The maximum atomic E-state index is 13.3. The van der Waals surface area contributed by atoms with Crippen LogP contribution in [0.1, 0.15) is 5.56 Å². The van der Waals surface area contributed by atoms with Crippen molar-refractivity contribution in [2.24, 2.45) is 0 Å². The molecule has 0 atom stereocenters. The van der Waals surface area contributed by atoms with Crippen LogP contribution >= 0.6 is 0 Å². The van der Waals surface area contributed by atoms with Crippen LogP contribution in [-0.2, 0) is 15.8 Å². The number of para-hydroxylation sites is 1. The van der Waals surface area contributed by atoms with Crippen molar-refractivity contribution in [2.45, 2.75) is 5.75 Å². The first-order chi connectivity index (χ1) is 11.5. The summed E-state index contributed by atoms with van der Waals surface area (Å²) in [7, 11) is -3.57. The Bertz CT molecular complexity index is 840. The van der Waals surface area contributed by atoms with E-state index in [9.17, 15) is 17.2 Å². The summed E-state index contributed by atoms with van der Waals surface area (Å²) in [6.07, 6.45) is 0. The smallest absolute Gasteiger partial charge is 0.216 e. The van der Waals surface area contributed by atoms with Gasteiger partial charge in [-0.3, -0.25) is 0 Å². The van der Waals surface area contributed by atoms with E-state index < -0.39 is 21.7 Å². The fraction of sp³-hybridized carbons (Fsp3) is 0.176. The molecule has 0 unspecified atom stereocenters. The van der Waals surface area contributed by atoms with Crippen molar-refractivity contribution in [1.82, 2.24) is 4.72 Å². The quantitative estimate of drug-likeness (QED) is 0.814. The van der Waals surface area contributed by atoms with Crippen LogP contribution in [0.25, 0.3) is 0 Å². The highest BCUT2D eigenvalue weighted by Gasteiger charge is 2.10. The number of benzene rings is 2. The summed E-state index contributed by atoms with van der Waals surface area (Å²) < 4.78 is 57.1. The second-order valence-electron chi connectivity index (χ2n) is 4.78. The minimum absolute atomic E-state index is 0.0549. The van der Waals surface area contributed by atoms with Gasteiger partial charge >= 0.3 is 0 Å². The highest BCUT2D eigenvalue weighted by atomic mass is 32.2. The molecule has 2 rings (SSSR count). The molecule has 0 radical (unpaired) electrons. The molecule has 2 aromatic carbocycles. The molecular weight excluding hydrogens is 336 g/mol. The molecule has 24 heavy (non-hydrogen) atoms. The van der Waals surface area contributed by atoms with Gasteiger partial charge in [0, 0.05) is 0 Å². The molecule has 0 aliphatic heterocycles. The van der Waals surface area contributed by atoms with Crippen molar-refractivity contribution in [3.8, 4) is 17.6 Å². The minimum atomic E-state index is -3.57. The predicted octanol–water partition coefficient (Wildman–Crippen LogP) is 2.47. The largest absolute Gasteiger partial charge is 0.478 e. The summed E-state index contributed by atoms with van der Waals surface area (Å²) in [5.41, 5.74) is 0.472. The van der Waals surface area contributed by atoms with E-state index >= 15 is 0 Å². The number of rotatable bonds is 6. The Labute approximate surface area is 139 Å². The van der Waals surface area contributed by atoms with Gasteiger partial charge in [-0.05, 0) is 29.8 Å². The van der Waals surface area contributed by atoms with Crippen molar-refractivity contribution >= 4 is 10.0 Å². The summed E-state index contributed by atoms with van der Waals surface area (Å²) in [6.45, 7) is -0.148. The first-order valence-electron chi connectivity index (χ1n) is 7.01. The topological polar surface area (TPSA) is 55.4 Å². The van der Waals surface area contributed by atoms with Crippen LogP contribution in [0.4, 0.5) is 8.78 Å². The van der Waals surface area contributed by atoms with Crippen LogP contribution in [0.3, 0.4) is 0 Å². The predicted molar refractivity (Wildman–Crippen MR) is 86.7 cm³/mol. The van der Waals surface area contributed by atoms with Gasteiger partial charge in [0.1, 0.15) is 12.4 Å². The molecule has 0 heterocycles. The Hall–Kier alpha value is -2.43. The van der Waals surface area contributed by atoms with Crippen LogP contribution in [0, 0.1) is 23.5 Å². The molecule has 0 bridgehead atoms. The van der Waals surface area contributed by atoms with Gasteiger partial charge in [0.05, 0.1) is 12.3 Å². The third kappa shape index (κ3) is 5.99. The average molecular weight is 351 g/mol. The van der Waals surface area contributed by atoms with E-state index in [-0.39, 0.29) is 24.7 Å². The number of sulfonamides is 1. The van der Waals surface area contributed by atoms with Gasteiger partial charge in [-0.25, -0.2) is 21.9 Å². The van der Waals surface area contributed by atoms with Crippen molar-refractivity contribution in [3.05, 3.63) is 65.7 Å². The van der Waals surface area contributed by atoms with E-state index in [1.165, 1.54) is 36.4 Å². The van der Waals surface area contributed by atoms with E-state index in [2.05, 4.69) is 16.6 Å². The standard InChI is InChI=1S/C17H15F2NO3S/c18-15-9-7-14(8-10-15)13-24(21,22)20-11-3-4-12-23-17-6-2-1-5-16(17)19/h1-2,5-10,20H,11-13H2. The molecule has 0 saturated heterocycles. The van der Waals surface area contributed by atoms with Gasteiger partial charge in [-0.2, -0.15) is 0 Å². The molecule has 0 aromatic heterocycles. The van der Waals surface area contributed by atoms with Gasteiger partial charge in [0.15, 0.2) is 11.6 Å². The van der Waals surface area contributed by atoms with Crippen molar-refractivity contribution in [3.63, 3.8) is 0 Å². The van der Waals surface area contributed by atoms with Gasteiger partial charge in [-0.1, -0.05) is 36.1 Å². The third-order valence-electron chi connectivity index (χ3n) is 2.91. The molecule has 0 aliphatic rings. The lowest BCUT2D eigenvalue weighted by Crippen LogP contribution is -2.25. The minimum Gasteiger partial charge on any atom is -0.478 e. The summed E-state index contributed by atoms with van der Waals surface area (Å²) in [4.78, 5) is 0. The normalized spacial score (nSPS) is 10.8. The molecule has 7 heteroatoms. The molecular formula is C17H15F2NO3S. The summed E-state index contributed by atoms with van der Waals surface area (Å²) in [6, 6.07) is 11.1. The molecule has 0 spiro atoms. The lowest BCUT2D eigenvalue weighted by Gasteiger charge is -2.04. The summed E-state index contributed by atoms with van der Waals surface area (Å²) in [5.74, 6) is 4.08. The Morgan fingerprint density at radius 3 is 2.42 bits per heavy atom. The van der Waals surface area contributed by atoms with E-state index in [4.69, 9.17) is 4.74 Å². The average Bonchev–Trinajstić information content (AvgIpc) is 2.54. The molecule has 2 aromatic rings. The molecule has 4 nitrogen and oxygen atoms in total. The van der Waals surface area contributed by atoms with E-state index in [1.54, 1.807) is 12.1 Å². The Morgan fingerprint density at radius 1 is 1.00 bits per heavy atom. The SMILES string of the molecule is O=S(=O)(Cc1ccc(F)cc1)NCC#CCOc1ccccc1F. The van der Waals surface area contributed by atoms with Crippen LogP contribution in [-0.4, -0.2) is 21.6 Å². The van der Waals surface area contributed by atoms with Crippen LogP contribution in [0.15, 0.2) is 48.5 Å². The number of hydrogen-bond donors (Lipinski definition) is 1. The zero-order valence-electron chi connectivity index (χ0n) is 12.6. The maximum absolute atomic E-state index is 13.3. The lowest BCUT2D eigenvalue weighted by atomic mass is 10.2. The maximum Gasteiger partial charge on any atom is 0.216 e. The molecule has 0 fully saturated rings. The molecule has 0 saturated carbocycles. The highest BCUT2D eigenvalue weighted by Crippen LogP contribution is 2.14. The number of nitrogens with one attached hydrogen (secondary N) is 1. The van der Waals surface area contributed by atoms with Crippen molar-refractivity contribution < 1.29 is 21.9 Å². The Balaban J connectivity index is 1.77. The highest BCUT2D eigenvalue weighted by molar-refractivity contribution is 7.88. The van der Waals surface area contributed by atoms with Crippen LogP contribution in [0.5, 0.6) is 5.75 Å². The van der Waals surface area contributed by atoms with E-state index in [0.29, 0.717) is 5.56 Å². The Kier molecular flexibility index (Phi) is 6.29. The molecule has 0 aliphatic carbocycles. The number of hydrogen-bond acceptors (Lipinski definition) is 3. The summed E-state index contributed by atoms with van der Waals surface area (Å²) >= 11 is 0. The van der Waals surface area contributed by atoms with Crippen molar-refractivity contribution in [2.75, 3.05) is 13.2 Å². The van der Waals surface area contributed by atoms with Gasteiger partial charge in [0.25, 0.3) is 0 Å². The second kappa shape index (κ2) is 8.43. The number of halogens is 2. The number of ether oxygens (including phenoxy) is 1. The van der Waals surface area contributed by atoms with Gasteiger partial charge in [-0.15, -0.1) is 0 Å². The third-order valence-corrected chi connectivity index (χ3v) is 4.21. The first kappa shape index (κ1) is 17.9. The molecule has 0 amide bonds. The molecule has 126 valence electrons. The fourth-order valence-corrected chi connectivity index (χ4v) is 2.81. The Morgan fingerprint density at radius 2 is 1.71 bits per heavy atom. The monoisotopic (exact) mass is 351 g/mol. The van der Waals surface area contributed by atoms with Crippen LogP contribution < -0.4 is 9.46 Å². The van der Waals surface area contributed by atoms with Gasteiger partial charge in [0.2, 0.25) is 10.0 Å². The van der Waals surface area contributed by atoms with Crippen LogP contribution in [0.2, 0.25) is 0 Å².